The Labute approximate surface area is 184 Å². The fourth-order valence-electron chi connectivity index (χ4n) is 4.13. The topological polar surface area (TPSA) is 54.5 Å². The van der Waals surface area contributed by atoms with Crippen molar-refractivity contribution >= 4 is 5.91 Å². The van der Waals surface area contributed by atoms with E-state index in [4.69, 9.17) is 4.74 Å². The van der Waals surface area contributed by atoms with E-state index in [0.717, 1.165) is 49.5 Å². The van der Waals surface area contributed by atoms with Gasteiger partial charge in [-0.05, 0) is 60.3 Å². The maximum Gasteiger partial charge on any atom is 0.226 e. The third kappa shape index (κ3) is 5.92. The number of likely N-dealkylation sites (tertiary alicyclic amines) is 1. The molecule has 5 nitrogen and oxygen atoms in total. The molecule has 5 heteroatoms. The molecule has 0 spiro atoms. The molecule has 0 aliphatic carbocycles. The lowest BCUT2D eigenvalue weighted by molar-refractivity contribution is -0.121. The van der Waals surface area contributed by atoms with Crippen LogP contribution < -0.4 is 10.1 Å². The lowest BCUT2D eigenvalue weighted by Gasteiger charge is -2.33. The Morgan fingerprint density at radius 1 is 1.10 bits per heavy atom. The van der Waals surface area contributed by atoms with Gasteiger partial charge in [0.2, 0.25) is 5.91 Å². The van der Waals surface area contributed by atoms with Crippen LogP contribution in [0.25, 0.3) is 11.1 Å². The minimum Gasteiger partial charge on any atom is -0.497 e. The van der Waals surface area contributed by atoms with E-state index in [2.05, 4.69) is 51.6 Å². The monoisotopic (exact) mass is 415 g/mol. The Bertz CT molecular complexity index is 989. The molecule has 1 saturated heterocycles. The van der Waals surface area contributed by atoms with E-state index < -0.39 is 0 Å². The van der Waals surface area contributed by atoms with E-state index in [1.165, 1.54) is 11.1 Å². The molecule has 3 aromatic rings. The second kappa shape index (κ2) is 10.2. The number of hydrogen-bond donors (Lipinski definition) is 1. The summed E-state index contributed by atoms with van der Waals surface area (Å²) >= 11 is 0. The zero-order chi connectivity index (χ0) is 21.5. The van der Waals surface area contributed by atoms with Gasteiger partial charge in [-0.25, -0.2) is 0 Å². The quantitative estimate of drug-likeness (QED) is 0.632. The van der Waals surface area contributed by atoms with E-state index in [1.54, 1.807) is 13.3 Å². The van der Waals surface area contributed by atoms with Gasteiger partial charge < -0.3 is 10.1 Å². The summed E-state index contributed by atoms with van der Waals surface area (Å²) in [7, 11) is 1.69. The molecule has 0 radical (unpaired) electrons. The van der Waals surface area contributed by atoms with Crippen LogP contribution in [0.2, 0.25) is 0 Å². The van der Waals surface area contributed by atoms with E-state index in [0.29, 0.717) is 6.42 Å². The molecule has 0 bridgehead atoms. The van der Waals surface area contributed by atoms with Crippen molar-refractivity contribution in [3.05, 3.63) is 84.2 Å². The van der Waals surface area contributed by atoms with Crippen molar-refractivity contribution in [3.8, 4) is 16.9 Å². The number of nitrogens with one attached hydrogen (secondary N) is 1. The van der Waals surface area contributed by atoms with Crippen LogP contribution >= 0.6 is 0 Å². The molecule has 1 atom stereocenters. The van der Waals surface area contributed by atoms with Crippen LogP contribution in [0.4, 0.5) is 0 Å². The molecular formula is C26H29N3O2. The van der Waals surface area contributed by atoms with Crippen LogP contribution in [0.1, 0.15) is 24.1 Å². The van der Waals surface area contributed by atoms with Crippen molar-refractivity contribution in [2.75, 3.05) is 20.2 Å². The second-order valence-corrected chi connectivity index (χ2v) is 8.07. The number of rotatable bonds is 7. The molecule has 160 valence electrons. The van der Waals surface area contributed by atoms with Crippen LogP contribution in [0, 0.1) is 0 Å². The molecule has 0 saturated carbocycles. The lowest BCUT2D eigenvalue weighted by Crippen LogP contribution is -2.47. The van der Waals surface area contributed by atoms with Crippen LogP contribution in [0.3, 0.4) is 0 Å². The van der Waals surface area contributed by atoms with Gasteiger partial charge in [0.15, 0.2) is 0 Å². The maximum atomic E-state index is 12.4. The number of amides is 1. The molecular weight excluding hydrogens is 386 g/mol. The first kappa shape index (κ1) is 21.1. The molecule has 1 amide bonds. The standard InChI is InChI=1S/C26H29N3O2/c1-31-25-9-4-6-22(16-25)21-12-10-20(11-13-21)18-29-15-5-8-24(19-29)28-26(30)17-23-7-2-3-14-27-23/h2-4,6-7,9-14,16,24H,5,8,15,17-19H2,1H3,(H,28,30). The van der Waals surface area contributed by atoms with Gasteiger partial charge in [0.25, 0.3) is 0 Å². The first-order valence-corrected chi connectivity index (χ1v) is 10.8. The van der Waals surface area contributed by atoms with E-state index in [-0.39, 0.29) is 11.9 Å². The van der Waals surface area contributed by atoms with Crippen LogP contribution in [0.15, 0.2) is 72.9 Å². The zero-order valence-electron chi connectivity index (χ0n) is 18.0. The van der Waals surface area contributed by atoms with E-state index in [1.807, 2.05) is 30.3 Å². The molecule has 1 aliphatic rings. The highest BCUT2D eigenvalue weighted by Gasteiger charge is 2.21. The first-order chi connectivity index (χ1) is 15.2. The highest BCUT2D eigenvalue weighted by molar-refractivity contribution is 5.78. The van der Waals surface area contributed by atoms with Gasteiger partial charge in [-0.2, -0.15) is 0 Å². The minimum absolute atomic E-state index is 0.0493. The summed E-state index contributed by atoms with van der Waals surface area (Å²) in [6.45, 7) is 2.83. The second-order valence-electron chi connectivity index (χ2n) is 8.07. The minimum atomic E-state index is 0.0493. The molecule has 1 unspecified atom stereocenters. The van der Waals surface area contributed by atoms with Gasteiger partial charge in [0.05, 0.1) is 13.5 Å². The summed E-state index contributed by atoms with van der Waals surface area (Å²) in [4.78, 5) is 19.1. The van der Waals surface area contributed by atoms with Crippen molar-refractivity contribution in [3.63, 3.8) is 0 Å². The summed E-state index contributed by atoms with van der Waals surface area (Å²) in [6.07, 6.45) is 4.18. The average molecular weight is 416 g/mol. The Hall–Kier alpha value is -3.18. The molecule has 2 aromatic carbocycles. The number of methoxy groups -OCH3 is 1. The number of ether oxygens (including phenoxy) is 1. The summed E-state index contributed by atoms with van der Waals surface area (Å²) < 4.78 is 5.33. The number of hydrogen-bond acceptors (Lipinski definition) is 4. The first-order valence-electron chi connectivity index (χ1n) is 10.8. The molecule has 1 N–H and O–H groups in total. The highest BCUT2D eigenvalue weighted by Crippen LogP contribution is 2.24. The number of carbonyl (C=O) groups excluding carboxylic acids is 1. The summed E-state index contributed by atoms with van der Waals surface area (Å²) in [5, 5.41) is 3.19. The maximum absolute atomic E-state index is 12.4. The van der Waals surface area contributed by atoms with Gasteiger partial charge in [-0.1, -0.05) is 42.5 Å². The summed E-state index contributed by atoms with van der Waals surface area (Å²) in [5.74, 6) is 0.916. The van der Waals surface area contributed by atoms with Crippen molar-refractivity contribution in [1.82, 2.24) is 15.2 Å². The Balaban J connectivity index is 1.31. The molecule has 1 aliphatic heterocycles. The number of aromatic nitrogens is 1. The molecule has 2 heterocycles. The Morgan fingerprint density at radius 3 is 2.74 bits per heavy atom. The van der Waals surface area contributed by atoms with Crippen molar-refractivity contribution in [2.24, 2.45) is 0 Å². The number of pyridine rings is 1. The van der Waals surface area contributed by atoms with Crippen LogP contribution in [0.5, 0.6) is 5.75 Å². The largest absolute Gasteiger partial charge is 0.497 e. The van der Waals surface area contributed by atoms with Crippen LogP contribution in [-0.2, 0) is 17.8 Å². The summed E-state index contributed by atoms with van der Waals surface area (Å²) in [5.41, 5.74) is 4.43. The Morgan fingerprint density at radius 2 is 1.97 bits per heavy atom. The lowest BCUT2D eigenvalue weighted by atomic mass is 10.0. The predicted octanol–water partition coefficient (Wildman–Crippen LogP) is 4.08. The fourth-order valence-corrected chi connectivity index (χ4v) is 4.13. The number of piperidine rings is 1. The van der Waals surface area contributed by atoms with Gasteiger partial charge in [0, 0.05) is 31.0 Å². The van der Waals surface area contributed by atoms with Gasteiger partial charge >= 0.3 is 0 Å². The SMILES string of the molecule is COc1cccc(-c2ccc(CN3CCCC(NC(=O)Cc4ccccn4)C3)cc2)c1. The molecule has 1 fully saturated rings. The average Bonchev–Trinajstić information content (AvgIpc) is 2.80. The van der Waals surface area contributed by atoms with E-state index in [9.17, 15) is 4.79 Å². The third-order valence-electron chi connectivity index (χ3n) is 5.70. The Kier molecular flexibility index (Phi) is 6.95. The van der Waals surface area contributed by atoms with Crippen molar-refractivity contribution in [1.29, 1.82) is 0 Å². The zero-order valence-corrected chi connectivity index (χ0v) is 18.0. The highest BCUT2D eigenvalue weighted by atomic mass is 16.5. The number of carbonyl (C=O) groups is 1. The van der Waals surface area contributed by atoms with Crippen LogP contribution in [-0.4, -0.2) is 42.0 Å². The third-order valence-corrected chi connectivity index (χ3v) is 5.70. The fraction of sp³-hybridized carbons (Fsp3) is 0.308. The van der Waals surface area contributed by atoms with E-state index >= 15 is 0 Å². The van der Waals surface area contributed by atoms with Gasteiger partial charge in [-0.3, -0.25) is 14.7 Å². The summed E-state index contributed by atoms with van der Waals surface area (Å²) in [6, 6.07) is 22.7. The van der Waals surface area contributed by atoms with Gasteiger partial charge in [-0.15, -0.1) is 0 Å². The van der Waals surface area contributed by atoms with Crippen molar-refractivity contribution < 1.29 is 9.53 Å². The van der Waals surface area contributed by atoms with Gasteiger partial charge in [0.1, 0.15) is 5.75 Å². The normalized spacial score (nSPS) is 16.6. The number of benzene rings is 2. The molecule has 4 rings (SSSR count). The number of nitrogens with zero attached hydrogens (tertiary/aromatic N) is 2. The molecule has 1 aromatic heterocycles. The molecule has 31 heavy (non-hydrogen) atoms. The predicted molar refractivity (Wildman–Crippen MR) is 123 cm³/mol. The van der Waals surface area contributed by atoms with Crippen molar-refractivity contribution in [2.45, 2.75) is 31.8 Å². The smallest absolute Gasteiger partial charge is 0.226 e.